The Kier molecular flexibility index (Phi) is 7.59. The van der Waals surface area contributed by atoms with Crippen molar-refractivity contribution in [2.24, 2.45) is 0 Å². The average molecular weight is 452 g/mol. The van der Waals surface area contributed by atoms with E-state index in [1.165, 1.54) is 12.1 Å². The smallest absolute Gasteiger partial charge is 0.338 e. The molecule has 0 aromatic heterocycles. The number of hydrogen-bond donors (Lipinski definition) is 0. The van der Waals surface area contributed by atoms with Crippen LogP contribution in [0.3, 0.4) is 0 Å². The van der Waals surface area contributed by atoms with E-state index in [-0.39, 0.29) is 5.82 Å². The molecule has 0 aliphatic carbocycles. The SMILES string of the molecule is CCOc1cc(N(Cc2cccc(F)c2)c2cccc(C(=O)OC(C)(C)C)c2)ccc1OC. The van der Waals surface area contributed by atoms with Crippen molar-refractivity contribution in [3.63, 3.8) is 0 Å². The lowest BCUT2D eigenvalue weighted by Crippen LogP contribution is -2.24. The van der Waals surface area contributed by atoms with E-state index in [1.54, 1.807) is 31.4 Å². The summed E-state index contributed by atoms with van der Waals surface area (Å²) in [6.07, 6.45) is 0. The van der Waals surface area contributed by atoms with Crippen LogP contribution >= 0.6 is 0 Å². The van der Waals surface area contributed by atoms with Crippen molar-refractivity contribution in [3.05, 3.63) is 83.7 Å². The number of rotatable bonds is 8. The molecular formula is C27H30FNO4. The molecule has 6 heteroatoms. The van der Waals surface area contributed by atoms with Crippen LogP contribution in [-0.2, 0) is 11.3 Å². The summed E-state index contributed by atoms with van der Waals surface area (Å²) in [5.74, 6) is 0.512. The Bertz CT molecular complexity index is 1110. The summed E-state index contributed by atoms with van der Waals surface area (Å²) in [6.45, 7) is 8.26. The largest absolute Gasteiger partial charge is 0.493 e. The first kappa shape index (κ1) is 24.1. The molecule has 0 bridgehead atoms. The van der Waals surface area contributed by atoms with Gasteiger partial charge in [-0.05, 0) is 75.7 Å². The van der Waals surface area contributed by atoms with Gasteiger partial charge in [-0.3, -0.25) is 0 Å². The van der Waals surface area contributed by atoms with Gasteiger partial charge in [0.25, 0.3) is 0 Å². The minimum absolute atomic E-state index is 0.306. The monoisotopic (exact) mass is 451 g/mol. The second-order valence-electron chi connectivity index (χ2n) is 8.54. The van der Waals surface area contributed by atoms with E-state index in [0.29, 0.717) is 30.2 Å². The highest BCUT2D eigenvalue weighted by atomic mass is 19.1. The van der Waals surface area contributed by atoms with Crippen molar-refractivity contribution in [1.29, 1.82) is 0 Å². The molecular weight excluding hydrogens is 421 g/mol. The maximum absolute atomic E-state index is 13.9. The maximum Gasteiger partial charge on any atom is 0.338 e. The predicted molar refractivity (Wildman–Crippen MR) is 128 cm³/mol. The second kappa shape index (κ2) is 10.4. The number of nitrogens with zero attached hydrogens (tertiary/aromatic N) is 1. The van der Waals surface area contributed by atoms with Crippen LogP contribution in [0.5, 0.6) is 11.5 Å². The molecule has 0 spiro atoms. The van der Waals surface area contributed by atoms with Crippen molar-refractivity contribution < 1.29 is 23.4 Å². The zero-order valence-corrected chi connectivity index (χ0v) is 19.7. The molecule has 0 saturated heterocycles. The van der Waals surface area contributed by atoms with Crippen LogP contribution in [0.4, 0.5) is 15.8 Å². The van der Waals surface area contributed by atoms with Gasteiger partial charge in [0.05, 0.1) is 19.3 Å². The van der Waals surface area contributed by atoms with Crippen molar-refractivity contribution >= 4 is 17.3 Å². The fourth-order valence-corrected chi connectivity index (χ4v) is 3.39. The van der Waals surface area contributed by atoms with E-state index >= 15 is 0 Å². The van der Waals surface area contributed by atoms with E-state index in [1.807, 2.05) is 62.9 Å². The summed E-state index contributed by atoms with van der Waals surface area (Å²) >= 11 is 0. The highest BCUT2D eigenvalue weighted by Gasteiger charge is 2.20. The van der Waals surface area contributed by atoms with E-state index in [9.17, 15) is 9.18 Å². The zero-order valence-electron chi connectivity index (χ0n) is 19.7. The number of hydrogen-bond acceptors (Lipinski definition) is 5. The standard InChI is InChI=1S/C27H30FNO4/c1-6-32-25-17-23(13-14-24(25)31-5)29(18-19-9-7-11-21(28)15-19)22-12-8-10-20(16-22)26(30)33-27(2,3)4/h7-17H,6,18H2,1-5H3. The van der Waals surface area contributed by atoms with Crippen LogP contribution in [0.1, 0.15) is 43.6 Å². The molecule has 5 nitrogen and oxygen atoms in total. The second-order valence-corrected chi connectivity index (χ2v) is 8.54. The van der Waals surface area contributed by atoms with Crippen molar-refractivity contribution in [2.45, 2.75) is 39.8 Å². The third-order valence-electron chi connectivity index (χ3n) is 4.78. The summed E-state index contributed by atoms with van der Waals surface area (Å²) in [6, 6.07) is 19.3. The molecule has 33 heavy (non-hydrogen) atoms. The molecule has 174 valence electrons. The highest BCUT2D eigenvalue weighted by Crippen LogP contribution is 2.36. The first-order chi connectivity index (χ1) is 15.7. The first-order valence-corrected chi connectivity index (χ1v) is 10.9. The van der Waals surface area contributed by atoms with Crippen LogP contribution in [0.25, 0.3) is 0 Å². The van der Waals surface area contributed by atoms with Crippen molar-refractivity contribution in [3.8, 4) is 11.5 Å². The fourth-order valence-electron chi connectivity index (χ4n) is 3.39. The summed E-state index contributed by atoms with van der Waals surface area (Å²) in [7, 11) is 1.59. The van der Waals surface area contributed by atoms with Gasteiger partial charge in [-0.15, -0.1) is 0 Å². The fraction of sp³-hybridized carbons (Fsp3) is 0.296. The van der Waals surface area contributed by atoms with Gasteiger partial charge >= 0.3 is 5.97 Å². The van der Waals surface area contributed by atoms with E-state index in [2.05, 4.69) is 0 Å². The number of halogens is 1. The van der Waals surface area contributed by atoms with Crippen molar-refractivity contribution in [1.82, 2.24) is 0 Å². The maximum atomic E-state index is 13.9. The molecule has 0 radical (unpaired) electrons. The minimum atomic E-state index is -0.600. The number of anilines is 2. The number of carbonyl (C=O) groups is 1. The molecule has 0 saturated carbocycles. The van der Waals surface area contributed by atoms with Crippen LogP contribution in [0.2, 0.25) is 0 Å². The summed E-state index contributed by atoms with van der Waals surface area (Å²) in [5.41, 5.74) is 2.19. The molecule has 0 aliphatic rings. The number of benzene rings is 3. The summed E-state index contributed by atoms with van der Waals surface area (Å²) in [4.78, 5) is 14.7. The Morgan fingerprint density at radius 2 is 1.67 bits per heavy atom. The van der Waals surface area contributed by atoms with E-state index < -0.39 is 11.6 Å². The molecule has 0 aliphatic heterocycles. The van der Waals surface area contributed by atoms with Crippen molar-refractivity contribution in [2.75, 3.05) is 18.6 Å². The Morgan fingerprint density at radius 3 is 2.33 bits per heavy atom. The lowest BCUT2D eigenvalue weighted by molar-refractivity contribution is 0.00695. The van der Waals surface area contributed by atoms with Gasteiger partial charge < -0.3 is 19.1 Å². The highest BCUT2D eigenvalue weighted by molar-refractivity contribution is 5.91. The van der Waals surface area contributed by atoms with Crippen LogP contribution < -0.4 is 14.4 Å². The molecule has 0 N–H and O–H groups in total. The first-order valence-electron chi connectivity index (χ1n) is 10.9. The van der Waals surface area contributed by atoms with Gasteiger partial charge in [0.1, 0.15) is 11.4 Å². The number of ether oxygens (including phenoxy) is 3. The van der Waals surface area contributed by atoms with Crippen LogP contribution in [0.15, 0.2) is 66.7 Å². The minimum Gasteiger partial charge on any atom is -0.493 e. The number of methoxy groups -OCH3 is 1. The molecule has 3 aromatic carbocycles. The molecule has 0 heterocycles. The molecule has 3 aromatic rings. The molecule has 0 amide bonds. The van der Waals surface area contributed by atoms with Crippen LogP contribution in [0, 0.1) is 5.82 Å². The zero-order chi connectivity index (χ0) is 24.0. The molecule has 3 rings (SSSR count). The summed E-state index contributed by atoms with van der Waals surface area (Å²) in [5, 5.41) is 0. The van der Waals surface area contributed by atoms with Gasteiger partial charge in [0, 0.05) is 24.0 Å². The molecule has 0 fully saturated rings. The Morgan fingerprint density at radius 1 is 0.939 bits per heavy atom. The number of carbonyl (C=O) groups excluding carboxylic acids is 1. The van der Waals surface area contributed by atoms with E-state index in [4.69, 9.17) is 14.2 Å². The van der Waals surface area contributed by atoms with Gasteiger partial charge in [-0.25, -0.2) is 9.18 Å². The molecule has 0 unspecified atom stereocenters. The van der Waals surface area contributed by atoms with Gasteiger partial charge in [-0.2, -0.15) is 0 Å². The Balaban J connectivity index is 2.06. The Labute approximate surface area is 194 Å². The quantitative estimate of drug-likeness (QED) is 0.365. The normalized spacial score (nSPS) is 11.1. The Hall–Kier alpha value is -3.54. The lowest BCUT2D eigenvalue weighted by Gasteiger charge is -2.27. The topological polar surface area (TPSA) is 48.0 Å². The van der Waals surface area contributed by atoms with Gasteiger partial charge in [0.2, 0.25) is 0 Å². The average Bonchev–Trinajstić information content (AvgIpc) is 2.77. The van der Waals surface area contributed by atoms with Gasteiger partial charge in [-0.1, -0.05) is 18.2 Å². The third kappa shape index (κ3) is 6.48. The van der Waals surface area contributed by atoms with E-state index in [0.717, 1.165) is 16.9 Å². The van der Waals surface area contributed by atoms with Gasteiger partial charge in [0.15, 0.2) is 11.5 Å². The number of esters is 1. The third-order valence-corrected chi connectivity index (χ3v) is 4.78. The predicted octanol–water partition coefficient (Wildman–Crippen LogP) is 6.53. The molecule has 0 atom stereocenters. The summed E-state index contributed by atoms with van der Waals surface area (Å²) < 4.78 is 30.6. The van der Waals surface area contributed by atoms with Crippen LogP contribution in [-0.4, -0.2) is 25.3 Å². The lowest BCUT2D eigenvalue weighted by atomic mass is 10.1.